The summed E-state index contributed by atoms with van der Waals surface area (Å²) in [6.45, 7) is 6.47. The lowest BCUT2D eigenvalue weighted by molar-refractivity contribution is -0.143. The number of esters is 1. The molecule has 0 saturated heterocycles. The van der Waals surface area contributed by atoms with Crippen molar-refractivity contribution in [1.29, 1.82) is 0 Å². The van der Waals surface area contributed by atoms with Crippen molar-refractivity contribution in [1.82, 2.24) is 19.9 Å². The largest absolute Gasteiger partial charge is 0.488 e. The van der Waals surface area contributed by atoms with E-state index in [-0.39, 0.29) is 42.4 Å². The van der Waals surface area contributed by atoms with E-state index in [0.717, 1.165) is 35.2 Å². The van der Waals surface area contributed by atoms with Crippen LogP contribution in [0, 0.1) is 6.92 Å². The number of allylic oxidation sites excluding steroid dienone is 1. The lowest BCUT2D eigenvalue weighted by Crippen LogP contribution is -2.35. The number of ether oxygens (including phenoxy) is 2. The second-order valence-electron chi connectivity index (χ2n) is 9.99. The van der Waals surface area contributed by atoms with Gasteiger partial charge in [0.25, 0.3) is 0 Å². The lowest BCUT2D eigenvalue weighted by Gasteiger charge is -2.24. The van der Waals surface area contributed by atoms with Crippen LogP contribution in [0.5, 0.6) is 5.75 Å². The predicted octanol–water partition coefficient (Wildman–Crippen LogP) is 3.92. The summed E-state index contributed by atoms with van der Waals surface area (Å²) < 4.78 is 39.9. The fraction of sp³-hybridized carbons (Fsp3) is 0.464. The van der Waals surface area contributed by atoms with Crippen LogP contribution in [0.3, 0.4) is 0 Å². The smallest absolute Gasteiger partial charge is 0.306 e. The van der Waals surface area contributed by atoms with Crippen LogP contribution in [-0.2, 0) is 26.1 Å². The molecule has 10 heteroatoms. The molecular weight excluding hydrogens is 504 g/mol. The standard InChI is InChI=1S/C28H38N4O5S/c1-6-36-28(33)16-23(13-14-25-19-30(4)29-31(25)5)22-12-11-20(2)24(15-22)18-32-17-21(3)37-26-9-7-8-10-27(26)38(32,34)35/h7-12,15,19,21,23,29H,6,13-14,16-18H2,1-5H3/t21-,23?/m1/s1. The summed E-state index contributed by atoms with van der Waals surface area (Å²) in [6.07, 6.45) is 3.52. The minimum atomic E-state index is -3.75. The van der Waals surface area contributed by atoms with Gasteiger partial charge in [0.1, 0.15) is 16.7 Å². The molecular formula is C28H38N4O5S. The molecule has 0 bridgehead atoms. The van der Waals surface area contributed by atoms with E-state index in [1.54, 1.807) is 31.2 Å². The van der Waals surface area contributed by atoms with Gasteiger partial charge in [0.05, 0.1) is 19.6 Å². The average molecular weight is 543 g/mol. The summed E-state index contributed by atoms with van der Waals surface area (Å²) in [5, 5.41) is 3.86. The average Bonchev–Trinajstić information content (AvgIpc) is 3.14. The molecule has 2 heterocycles. The molecule has 9 nitrogen and oxygen atoms in total. The van der Waals surface area contributed by atoms with Crippen LogP contribution in [-0.4, -0.2) is 62.1 Å². The zero-order valence-corrected chi connectivity index (χ0v) is 23.6. The van der Waals surface area contributed by atoms with Gasteiger partial charge < -0.3 is 9.47 Å². The van der Waals surface area contributed by atoms with E-state index in [4.69, 9.17) is 9.47 Å². The van der Waals surface area contributed by atoms with Crippen LogP contribution in [0.4, 0.5) is 0 Å². The third-order valence-electron chi connectivity index (χ3n) is 7.00. The molecule has 2 atom stereocenters. The summed E-state index contributed by atoms with van der Waals surface area (Å²) in [6, 6.07) is 12.9. The van der Waals surface area contributed by atoms with Gasteiger partial charge in [0.2, 0.25) is 10.0 Å². The third kappa shape index (κ3) is 6.31. The number of para-hydroxylation sites is 1. The van der Waals surface area contributed by atoms with Crippen molar-refractivity contribution >= 4 is 16.0 Å². The highest BCUT2D eigenvalue weighted by Gasteiger charge is 2.33. The van der Waals surface area contributed by atoms with Gasteiger partial charge in [-0.3, -0.25) is 14.8 Å². The molecule has 4 rings (SSSR count). The first kappa shape index (κ1) is 27.9. The number of hydrogen-bond acceptors (Lipinski definition) is 8. The highest BCUT2D eigenvalue weighted by atomic mass is 32.2. The minimum absolute atomic E-state index is 0.0719. The van der Waals surface area contributed by atoms with Crippen molar-refractivity contribution in [3.8, 4) is 5.75 Å². The molecule has 2 aliphatic heterocycles. The van der Waals surface area contributed by atoms with Gasteiger partial charge in [-0.25, -0.2) is 8.42 Å². The summed E-state index contributed by atoms with van der Waals surface area (Å²) in [7, 11) is 0.150. The van der Waals surface area contributed by atoms with Crippen molar-refractivity contribution in [3.05, 3.63) is 71.1 Å². The van der Waals surface area contributed by atoms with E-state index in [2.05, 4.69) is 5.53 Å². The second kappa shape index (κ2) is 11.8. The van der Waals surface area contributed by atoms with Crippen molar-refractivity contribution in [2.75, 3.05) is 27.2 Å². The van der Waals surface area contributed by atoms with E-state index >= 15 is 0 Å². The molecule has 2 aromatic rings. The summed E-state index contributed by atoms with van der Waals surface area (Å²) in [5.74, 6) is 0.0763. The number of hydrogen-bond donors (Lipinski definition) is 1. The minimum Gasteiger partial charge on any atom is -0.488 e. The van der Waals surface area contributed by atoms with Gasteiger partial charge in [-0.05, 0) is 68.4 Å². The Balaban J connectivity index is 1.61. The van der Waals surface area contributed by atoms with Crippen LogP contribution in [0.1, 0.15) is 55.7 Å². The first-order chi connectivity index (χ1) is 18.1. The molecule has 0 fully saturated rings. The second-order valence-corrected chi connectivity index (χ2v) is 11.9. The van der Waals surface area contributed by atoms with Crippen molar-refractivity contribution < 1.29 is 22.7 Å². The number of aryl methyl sites for hydroxylation is 1. The first-order valence-electron chi connectivity index (χ1n) is 13.0. The predicted molar refractivity (Wildman–Crippen MR) is 145 cm³/mol. The molecule has 0 radical (unpaired) electrons. The molecule has 0 spiro atoms. The maximum atomic E-state index is 13.6. The Morgan fingerprint density at radius 3 is 2.68 bits per heavy atom. The Kier molecular flexibility index (Phi) is 8.64. The third-order valence-corrected chi connectivity index (χ3v) is 8.85. The Morgan fingerprint density at radius 1 is 1.21 bits per heavy atom. The fourth-order valence-corrected chi connectivity index (χ4v) is 6.61. The molecule has 2 aromatic carbocycles. The number of nitrogens with zero attached hydrogens (tertiary/aromatic N) is 3. The fourth-order valence-electron chi connectivity index (χ4n) is 5.00. The van der Waals surface area contributed by atoms with Crippen LogP contribution < -0.4 is 10.3 Å². The zero-order chi connectivity index (χ0) is 27.4. The number of nitrogens with one attached hydrogen (secondary N) is 1. The summed E-state index contributed by atoms with van der Waals surface area (Å²) in [4.78, 5) is 12.7. The van der Waals surface area contributed by atoms with Gasteiger partial charge in [-0.2, -0.15) is 4.31 Å². The number of hydrazine groups is 2. The Hall–Kier alpha value is -3.08. The number of rotatable bonds is 9. The molecule has 0 saturated carbocycles. The Morgan fingerprint density at radius 2 is 1.97 bits per heavy atom. The van der Waals surface area contributed by atoms with Gasteiger partial charge in [0, 0.05) is 32.5 Å². The van der Waals surface area contributed by atoms with Crippen molar-refractivity contribution in [2.45, 2.75) is 63.5 Å². The highest BCUT2D eigenvalue weighted by molar-refractivity contribution is 7.89. The number of carbonyl (C=O) groups is 1. The van der Waals surface area contributed by atoms with E-state index in [0.29, 0.717) is 12.4 Å². The molecule has 0 aliphatic carbocycles. The first-order valence-corrected chi connectivity index (χ1v) is 14.5. The molecule has 2 aliphatic rings. The molecule has 0 amide bonds. The maximum Gasteiger partial charge on any atom is 0.306 e. The van der Waals surface area contributed by atoms with E-state index < -0.39 is 10.0 Å². The molecule has 38 heavy (non-hydrogen) atoms. The zero-order valence-electron chi connectivity index (χ0n) is 22.8. The quantitative estimate of drug-likeness (QED) is 0.477. The van der Waals surface area contributed by atoms with E-state index in [1.165, 1.54) is 4.31 Å². The van der Waals surface area contributed by atoms with E-state index in [9.17, 15) is 13.2 Å². The van der Waals surface area contributed by atoms with Crippen molar-refractivity contribution in [2.24, 2.45) is 0 Å². The number of sulfonamides is 1. The molecule has 206 valence electrons. The van der Waals surface area contributed by atoms with Crippen LogP contribution >= 0.6 is 0 Å². The topological polar surface area (TPSA) is 91.4 Å². The van der Waals surface area contributed by atoms with Gasteiger partial charge >= 0.3 is 5.97 Å². The van der Waals surface area contributed by atoms with Crippen molar-refractivity contribution in [3.63, 3.8) is 0 Å². The number of benzene rings is 2. The number of carbonyl (C=O) groups excluding carboxylic acids is 1. The Bertz CT molecular complexity index is 1300. The van der Waals surface area contributed by atoms with Gasteiger partial charge in [-0.15, -0.1) is 5.53 Å². The molecule has 1 N–H and O–H groups in total. The Labute approximate surface area is 226 Å². The van der Waals surface area contributed by atoms with Gasteiger partial charge in [-0.1, -0.05) is 30.3 Å². The van der Waals surface area contributed by atoms with Crippen LogP contribution in [0.2, 0.25) is 0 Å². The van der Waals surface area contributed by atoms with E-state index in [1.807, 2.05) is 62.4 Å². The summed E-state index contributed by atoms with van der Waals surface area (Å²) >= 11 is 0. The number of fused-ring (bicyclic) bond motifs is 1. The van der Waals surface area contributed by atoms with Gasteiger partial charge in [0.15, 0.2) is 0 Å². The highest BCUT2D eigenvalue weighted by Crippen LogP contribution is 2.34. The maximum absolute atomic E-state index is 13.6. The molecule has 1 unspecified atom stereocenters. The lowest BCUT2D eigenvalue weighted by atomic mass is 9.88. The summed E-state index contributed by atoms with van der Waals surface area (Å²) in [5.41, 5.74) is 7.21. The van der Waals surface area contributed by atoms with Crippen LogP contribution in [0.25, 0.3) is 0 Å². The van der Waals surface area contributed by atoms with Crippen LogP contribution in [0.15, 0.2) is 59.3 Å². The SMILES string of the molecule is CCOC(=O)CC(CCC1=CN(C)NN1C)c1ccc(C)c(CN2C[C@@H](C)Oc3ccccc3S2(=O)=O)c1. The normalized spacial score (nSPS) is 19.8. The molecule has 0 aromatic heterocycles. The monoisotopic (exact) mass is 542 g/mol.